The first-order chi connectivity index (χ1) is 9.68. The van der Waals surface area contributed by atoms with Crippen LogP contribution in [0.2, 0.25) is 0 Å². The monoisotopic (exact) mass is 268 g/mol. The second-order valence-corrected chi connectivity index (χ2v) is 4.34. The fraction of sp³-hybridized carbons (Fsp3) is 0.125. The smallest absolute Gasteiger partial charge is 0.236 e. The number of hydrazone groups is 1. The molecule has 102 valence electrons. The van der Waals surface area contributed by atoms with Crippen LogP contribution in [0.3, 0.4) is 0 Å². The topological polar surface area (TPSA) is 61.7 Å². The third-order valence-corrected chi connectivity index (χ3v) is 2.78. The maximum Gasteiger partial charge on any atom is 0.236 e. The Bertz CT molecular complexity index is 594. The molecule has 0 aliphatic rings. The van der Waals surface area contributed by atoms with E-state index in [1.54, 1.807) is 0 Å². The lowest BCUT2D eigenvalue weighted by Gasteiger charge is -2.14. The van der Waals surface area contributed by atoms with Gasteiger partial charge in [0.05, 0.1) is 0 Å². The van der Waals surface area contributed by atoms with Gasteiger partial charge in [0.25, 0.3) is 0 Å². The molecule has 0 bridgehead atoms. The van der Waals surface area contributed by atoms with E-state index in [1.165, 1.54) is 6.92 Å². The van der Waals surface area contributed by atoms with Crippen LogP contribution in [0.15, 0.2) is 65.8 Å². The second-order valence-electron chi connectivity index (χ2n) is 4.34. The number of carbonyl (C=O) groups is 1. The average Bonchev–Trinajstić information content (AvgIpc) is 2.49. The van der Waals surface area contributed by atoms with Gasteiger partial charge in [0.1, 0.15) is 11.8 Å². The molecule has 0 spiro atoms. The van der Waals surface area contributed by atoms with Gasteiger partial charge in [-0.25, -0.2) is 5.43 Å². The lowest BCUT2D eigenvalue weighted by molar-refractivity contribution is -0.118. The van der Waals surface area contributed by atoms with E-state index in [9.17, 15) is 9.90 Å². The quantitative estimate of drug-likeness (QED) is 0.660. The molecule has 0 fully saturated rings. The van der Waals surface area contributed by atoms with Crippen molar-refractivity contribution in [2.75, 3.05) is 0 Å². The number of aliphatic hydroxyl groups is 1. The van der Waals surface area contributed by atoms with Crippen molar-refractivity contribution in [2.24, 2.45) is 5.10 Å². The summed E-state index contributed by atoms with van der Waals surface area (Å²) < 4.78 is 0. The fourth-order valence-corrected chi connectivity index (χ4v) is 1.82. The van der Waals surface area contributed by atoms with Crippen molar-refractivity contribution < 1.29 is 9.90 Å². The third kappa shape index (κ3) is 3.52. The third-order valence-electron chi connectivity index (χ3n) is 2.78. The van der Waals surface area contributed by atoms with Crippen LogP contribution < -0.4 is 5.43 Å². The van der Waals surface area contributed by atoms with E-state index >= 15 is 0 Å². The van der Waals surface area contributed by atoms with Gasteiger partial charge < -0.3 is 5.11 Å². The molecule has 0 radical (unpaired) electrons. The van der Waals surface area contributed by atoms with E-state index in [1.807, 2.05) is 60.7 Å². The molecule has 1 unspecified atom stereocenters. The van der Waals surface area contributed by atoms with Gasteiger partial charge in [-0.15, -0.1) is 0 Å². The van der Waals surface area contributed by atoms with Crippen LogP contribution in [-0.4, -0.2) is 16.7 Å². The first kappa shape index (κ1) is 14.0. The maximum atomic E-state index is 11.0. The van der Waals surface area contributed by atoms with Crippen molar-refractivity contribution in [1.29, 1.82) is 0 Å². The highest BCUT2D eigenvalue weighted by Crippen LogP contribution is 2.18. The summed E-state index contributed by atoms with van der Waals surface area (Å²) in [6, 6.07) is 18.5. The molecule has 0 saturated heterocycles. The largest absolute Gasteiger partial charge is 0.382 e. The number of nitrogens with zero attached hydrogens (tertiary/aromatic N) is 1. The summed E-state index contributed by atoms with van der Waals surface area (Å²) in [5, 5.41) is 14.5. The van der Waals surface area contributed by atoms with Crippen LogP contribution in [0.1, 0.15) is 24.2 Å². The first-order valence-corrected chi connectivity index (χ1v) is 6.31. The summed E-state index contributed by atoms with van der Waals surface area (Å²) in [4.78, 5) is 11.0. The number of aliphatic hydroxyl groups excluding tert-OH is 1. The van der Waals surface area contributed by atoms with Crippen LogP contribution in [-0.2, 0) is 4.79 Å². The second kappa shape index (κ2) is 6.63. The van der Waals surface area contributed by atoms with Gasteiger partial charge in [0.2, 0.25) is 5.91 Å². The number of rotatable bonds is 4. The molecule has 4 heteroatoms. The summed E-state index contributed by atoms with van der Waals surface area (Å²) in [5.74, 6) is -0.279. The highest BCUT2D eigenvalue weighted by atomic mass is 16.3. The minimum absolute atomic E-state index is 0.279. The summed E-state index contributed by atoms with van der Waals surface area (Å²) in [5.41, 5.74) is 4.28. The van der Waals surface area contributed by atoms with Gasteiger partial charge in [-0.05, 0) is 5.56 Å². The molecule has 1 amide bonds. The highest BCUT2D eigenvalue weighted by Gasteiger charge is 2.17. The Balaban J connectivity index is 2.37. The predicted molar refractivity (Wildman–Crippen MR) is 78.2 cm³/mol. The SMILES string of the molecule is CC(=O)N/N=C(/c1ccccc1)C(O)c1ccccc1. The van der Waals surface area contributed by atoms with E-state index in [2.05, 4.69) is 10.5 Å². The highest BCUT2D eigenvalue weighted by molar-refractivity contribution is 6.04. The average molecular weight is 268 g/mol. The summed E-state index contributed by atoms with van der Waals surface area (Å²) in [6.45, 7) is 1.38. The number of benzene rings is 2. The minimum Gasteiger partial charge on any atom is -0.382 e. The minimum atomic E-state index is -0.898. The van der Waals surface area contributed by atoms with Crippen LogP contribution in [0, 0.1) is 0 Å². The molecule has 2 rings (SSSR count). The van der Waals surface area contributed by atoms with Crippen molar-refractivity contribution in [3.05, 3.63) is 71.8 Å². The number of amides is 1. The molecule has 0 saturated carbocycles. The number of hydrogen-bond donors (Lipinski definition) is 2. The zero-order valence-electron chi connectivity index (χ0n) is 11.2. The molecular formula is C16H16N2O2. The van der Waals surface area contributed by atoms with E-state index in [0.29, 0.717) is 5.71 Å². The van der Waals surface area contributed by atoms with E-state index in [0.717, 1.165) is 11.1 Å². The van der Waals surface area contributed by atoms with E-state index in [4.69, 9.17) is 0 Å². The molecule has 0 aliphatic carbocycles. The molecule has 0 aromatic heterocycles. The van der Waals surface area contributed by atoms with Gasteiger partial charge in [0, 0.05) is 12.5 Å². The van der Waals surface area contributed by atoms with Gasteiger partial charge in [0.15, 0.2) is 0 Å². The van der Waals surface area contributed by atoms with Crippen LogP contribution in [0.4, 0.5) is 0 Å². The Morgan fingerprint density at radius 2 is 1.60 bits per heavy atom. The Morgan fingerprint density at radius 1 is 1.05 bits per heavy atom. The van der Waals surface area contributed by atoms with Gasteiger partial charge in [-0.1, -0.05) is 60.7 Å². The van der Waals surface area contributed by atoms with Crippen LogP contribution in [0.5, 0.6) is 0 Å². The molecule has 20 heavy (non-hydrogen) atoms. The Labute approximate surface area is 117 Å². The van der Waals surface area contributed by atoms with Crippen LogP contribution in [0.25, 0.3) is 0 Å². The first-order valence-electron chi connectivity index (χ1n) is 6.31. The summed E-state index contributed by atoms with van der Waals surface area (Å²) in [6.07, 6.45) is -0.898. The normalized spacial score (nSPS) is 12.8. The molecular weight excluding hydrogens is 252 g/mol. The Hall–Kier alpha value is -2.46. The fourth-order valence-electron chi connectivity index (χ4n) is 1.82. The Morgan fingerprint density at radius 3 is 2.15 bits per heavy atom. The van der Waals surface area contributed by atoms with Crippen molar-refractivity contribution in [3.8, 4) is 0 Å². The molecule has 2 N–H and O–H groups in total. The zero-order valence-corrected chi connectivity index (χ0v) is 11.2. The summed E-state index contributed by atoms with van der Waals surface area (Å²) >= 11 is 0. The number of nitrogens with one attached hydrogen (secondary N) is 1. The van der Waals surface area contributed by atoms with Crippen molar-refractivity contribution in [1.82, 2.24) is 5.43 Å². The number of carbonyl (C=O) groups excluding carboxylic acids is 1. The molecule has 0 aliphatic heterocycles. The van der Waals surface area contributed by atoms with Gasteiger partial charge in [-0.2, -0.15) is 5.10 Å². The van der Waals surface area contributed by atoms with Crippen molar-refractivity contribution in [3.63, 3.8) is 0 Å². The molecule has 2 aromatic rings. The zero-order chi connectivity index (χ0) is 14.4. The van der Waals surface area contributed by atoms with Gasteiger partial charge in [-0.3, -0.25) is 4.79 Å². The van der Waals surface area contributed by atoms with Crippen molar-refractivity contribution >= 4 is 11.6 Å². The lowest BCUT2D eigenvalue weighted by atomic mass is 9.99. The molecule has 4 nitrogen and oxygen atoms in total. The molecule has 2 aromatic carbocycles. The lowest BCUT2D eigenvalue weighted by Crippen LogP contribution is -2.21. The molecule has 0 heterocycles. The predicted octanol–water partition coefficient (Wildman–Crippen LogP) is 2.26. The number of hydrogen-bond acceptors (Lipinski definition) is 3. The standard InChI is InChI=1S/C16H16N2O2/c1-12(19)17-18-15(13-8-4-2-5-9-13)16(20)14-10-6-3-7-11-14/h2-11,16,20H,1H3,(H,17,19)/b18-15-. The van der Waals surface area contributed by atoms with E-state index < -0.39 is 6.10 Å². The van der Waals surface area contributed by atoms with Gasteiger partial charge >= 0.3 is 0 Å². The molecule has 1 atom stereocenters. The summed E-state index contributed by atoms with van der Waals surface area (Å²) in [7, 11) is 0. The maximum absolute atomic E-state index is 11.0. The van der Waals surface area contributed by atoms with E-state index in [-0.39, 0.29) is 5.91 Å². The Kier molecular flexibility index (Phi) is 4.63. The van der Waals surface area contributed by atoms with Crippen LogP contribution >= 0.6 is 0 Å². The van der Waals surface area contributed by atoms with Crippen molar-refractivity contribution in [2.45, 2.75) is 13.0 Å².